The number of hydrogen-bond donors (Lipinski definition) is 2. The van der Waals surface area contributed by atoms with Crippen LogP contribution in [0, 0.1) is 5.82 Å². The summed E-state index contributed by atoms with van der Waals surface area (Å²) in [5.41, 5.74) is 5.73. The summed E-state index contributed by atoms with van der Waals surface area (Å²) in [6.45, 7) is 1.49. The van der Waals surface area contributed by atoms with Crippen molar-refractivity contribution in [3.8, 4) is 0 Å². The molecule has 0 unspecified atom stereocenters. The first-order valence-corrected chi connectivity index (χ1v) is 4.29. The van der Waals surface area contributed by atoms with E-state index >= 15 is 0 Å². The summed E-state index contributed by atoms with van der Waals surface area (Å²) in [6, 6.07) is 3.52. The molecule has 0 bridgehead atoms. The fraction of sp³-hybridized carbons (Fsp3) is 0.333. The van der Waals surface area contributed by atoms with E-state index < -0.39 is 18.0 Å². The third kappa shape index (κ3) is 2.18. The minimum absolute atomic E-state index is 0.166. The van der Waals surface area contributed by atoms with Gasteiger partial charge in [-0.25, -0.2) is 4.39 Å². The molecule has 0 fully saturated rings. The predicted octanol–water partition coefficient (Wildman–Crippen LogP) is 1.86. The van der Waals surface area contributed by atoms with Gasteiger partial charge >= 0.3 is 0 Å². The Morgan fingerprint density at radius 3 is 2.62 bits per heavy atom. The van der Waals surface area contributed by atoms with Crippen LogP contribution in [-0.4, -0.2) is 11.2 Å². The molecule has 1 rings (SSSR count). The lowest BCUT2D eigenvalue weighted by Gasteiger charge is -2.16. The molecule has 0 spiro atoms. The zero-order valence-corrected chi connectivity index (χ0v) is 7.92. The lowest BCUT2D eigenvalue weighted by Crippen LogP contribution is -2.24. The summed E-state index contributed by atoms with van der Waals surface area (Å²) in [5.74, 6) is -0.485. The van der Waals surface area contributed by atoms with Gasteiger partial charge in [0.15, 0.2) is 0 Å². The first-order valence-electron chi connectivity index (χ1n) is 3.91. The lowest BCUT2D eigenvalue weighted by atomic mass is 10.0. The molecule has 0 aliphatic carbocycles. The van der Waals surface area contributed by atoms with Gasteiger partial charge in [-0.3, -0.25) is 0 Å². The van der Waals surface area contributed by atoms with E-state index in [1.54, 1.807) is 6.07 Å². The van der Waals surface area contributed by atoms with E-state index in [-0.39, 0.29) is 10.6 Å². The lowest BCUT2D eigenvalue weighted by molar-refractivity contribution is 0.162. The Labute approximate surface area is 81.1 Å². The second-order valence-electron chi connectivity index (χ2n) is 2.90. The Balaban J connectivity index is 3.12. The molecule has 0 amide bonds. The van der Waals surface area contributed by atoms with Gasteiger partial charge in [-0.05, 0) is 19.1 Å². The van der Waals surface area contributed by atoms with E-state index in [4.69, 9.17) is 17.3 Å². The Bertz CT molecular complexity index is 283. The Morgan fingerprint density at radius 1 is 1.54 bits per heavy atom. The van der Waals surface area contributed by atoms with E-state index in [0.717, 1.165) is 0 Å². The fourth-order valence-electron chi connectivity index (χ4n) is 1.07. The normalized spacial score (nSPS) is 15.5. The fourth-order valence-corrected chi connectivity index (χ4v) is 1.36. The standard InChI is InChI=1S/C9H11ClFNO/c1-5(13)9(12)8-6(10)3-2-4-7(8)11/h2-5,9,13H,12H2,1H3/t5-,9-/m0/s1. The number of hydrogen-bond acceptors (Lipinski definition) is 2. The van der Waals surface area contributed by atoms with Crippen molar-refractivity contribution in [2.75, 3.05) is 0 Å². The van der Waals surface area contributed by atoms with Gasteiger partial charge in [-0.1, -0.05) is 17.7 Å². The Kier molecular flexibility index (Phi) is 3.25. The van der Waals surface area contributed by atoms with E-state index in [0.29, 0.717) is 0 Å². The molecule has 0 aromatic heterocycles. The zero-order valence-electron chi connectivity index (χ0n) is 7.17. The molecule has 0 aliphatic heterocycles. The van der Waals surface area contributed by atoms with Crippen LogP contribution in [0.4, 0.5) is 4.39 Å². The molecule has 0 saturated carbocycles. The largest absolute Gasteiger partial charge is 0.391 e. The SMILES string of the molecule is C[C@H](O)[C@H](N)c1c(F)cccc1Cl. The minimum Gasteiger partial charge on any atom is -0.391 e. The molecule has 4 heteroatoms. The van der Waals surface area contributed by atoms with Gasteiger partial charge in [0.1, 0.15) is 5.82 Å². The highest BCUT2D eigenvalue weighted by molar-refractivity contribution is 6.31. The molecule has 1 aromatic carbocycles. The number of halogens is 2. The first kappa shape index (κ1) is 10.4. The summed E-state index contributed by atoms with van der Waals surface area (Å²) >= 11 is 5.74. The number of aliphatic hydroxyl groups excluding tert-OH is 1. The number of aliphatic hydroxyl groups is 1. The van der Waals surface area contributed by atoms with Crippen molar-refractivity contribution in [3.63, 3.8) is 0 Å². The van der Waals surface area contributed by atoms with Crippen LogP contribution in [0.5, 0.6) is 0 Å². The average molecular weight is 204 g/mol. The third-order valence-electron chi connectivity index (χ3n) is 1.85. The van der Waals surface area contributed by atoms with Gasteiger partial charge in [0.25, 0.3) is 0 Å². The third-order valence-corrected chi connectivity index (χ3v) is 2.18. The highest BCUT2D eigenvalue weighted by atomic mass is 35.5. The molecule has 3 N–H and O–H groups in total. The van der Waals surface area contributed by atoms with Crippen LogP contribution < -0.4 is 5.73 Å². The summed E-state index contributed by atoms with van der Waals surface area (Å²) in [4.78, 5) is 0. The van der Waals surface area contributed by atoms with Crippen LogP contribution in [0.3, 0.4) is 0 Å². The van der Waals surface area contributed by atoms with Crippen molar-refractivity contribution in [1.82, 2.24) is 0 Å². The van der Waals surface area contributed by atoms with Crippen molar-refractivity contribution in [2.45, 2.75) is 19.1 Å². The van der Waals surface area contributed by atoms with Crippen molar-refractivity contribution in [3.05, 3.63) is 34.6 Å². The molecule has 0 radical (unpaired) electrons. The molecule has 1 aromatic rings. The van der Waals surface area contributed by atoms with E-state index in [9.17, 15) is 9.50 Å². The van der Waals surface area contributed by atoms with Crippen LogP contribution in [0.1, 0.15) is 18.5 Å². The molecule has 0 heterocycles. The van der Waals surface area contributed by atoms with Gasteiger partial charge in [0, 0.05) is 10.6 Å². The number of benzene rings is 1. The van der Waals surface area contributed by atoms with E-state index in [2.05, 4.69) is 0 Å². The smallest absolute Gasteiger partial charge is 0.129 e. The van der Waals surface area contributed by atoms with Gasteiger partial charge in [-0.15, -0.1) is 0 Å². The highest BCUT2D eigenvalue weighted by Gasteiger charge is 2.18. The van der Waals surface area contributed by atoms with Gasteiger partial charge in [0.05, 0.1) is 12.1 Å². The maximum absolute atomic E-state index is 13.2. The molecule has 13 heavy (non-hydrogen) atoms. The average Bonchev–Trinajstić information content (AvgIpc) is 2.03. The first-order chi connectivity index (χ1) is 6.04. The van der Waals surface area contributed by atoms with Crippen molar-refractivity contribution in [1.29, 1.82) is 0 Å². The van der Waals surface area contributed by atoms with Crippen LogP contribution in [0.2, 0.25) is 5.02 Å². The van der Waals surface area contributed by atoms with Crippen LogP contribution >= 0.6 is 11.6 Å². The summed E-state index contributed by atoms with van der Waals surface area (Å²) in [7, 11) is 0. The van der Waals surface area contributed by atoms with Crippen molar-refractivity contribution >= 4 is 11.6 Å². The summed E-state index contributed by atoms with van der Waals surface area (Å²) in [5, 5.41) is 9.42. The number of rotatable bonds is 2. The van der Waals surface area contributed by atoms with Gasteiger partial charge < -0.3 is 10.8 Å². The van der Waals surface area contributed by atoms with E-state index in [1.807, 2.05) is 0 Å². The summed E-state index contributed by atoms with van der Waals surface area (Å²) < 4.78 is 13.2. The molecule has 2 nitrogen and oxygen atoms in total. The minimum atomic E-state index is -0.825. The maximum atomic E-state index is 13.2. The van der Waals surface area contributed by atoms with Crippen LogP contribution in [0.25, 0.3) is 0 Å². The molecular formula is C9H11ClFNO. The number of nitrogens with two attached hydrogens (primary N) is 1. The van der Waals surface area contributed by atoms with Crippen LogP contribution in [-0.2, 0) is 0 Å². The molecule has 72 valence electrons. The molecule has 0 aliphatic rings. The molecular weight excluding hydrogens is 193 g/mol. The zero-order chi connectivity index (χ0) is 10.0. The Hall–Kier alpha value is -0.640. The second-order valence-corrected chi connectivity index (χ2v) is 3.31. The summed E-state index contributed by atoms with van der Waals surface area (Å²) in [6.07, 6.45) is -0.825. The maximum Gasteiger partial charge on any atom is 0.129 e. The topological polar surface area (TPSA) is 46.2 Å². The molecule has 0 saturated heterocycles. The monoisotopic (exact) mass is 203 g/mol. The van der Waals surface area contributed by atoms with Crippen molar-refractivity contribution < 1.29 is 9.50 Å². The Morgan fingerprint density at radius 2 is 2.15 bits per heavy atom. The predicted molar refractivity (Wildman–Crippen MR) is 50.0 cm³/mol. The quantitative estimate of drug-likeness (QED) is 0.771. The van der Waals surface area contributed by atoms with E-state index in [1.165, 1.54) is 19.1 Å². The van der Waals surface area contributed by atoms with Gasteiger partial charge in [-0.2, -0.15) is 0 Å². The second kappa shape index (κ2) is 4.05. The van der Waals surface area contributed by atoms with Crippen molar-refractivity contribution in [2.24, 2.45) is 5.73 Å². The van der Waals surface area contributed by atoms with Crippen LogP contribution in [0.15, 0.2) is 18.2 Å². The van der Waals surface area contributed by atoms with Gasteiger partial charge in [0.2, 0.25) is 0 Å². The highest BCUT2D eigenvalue weighted by Crippen LogP contribution is 2.26. The molecule has 2 atom stereocenters.